The zero-order valence-electron chi connectivity index (χ0n) is 14.4. The summed E-state index contributed by atoms with van der Waals surface area (Å²) in [7, 11) is 0. The molecule has 0 radical (unpaired) electrons. The van der Waals surface area contributed by atoms with Crippen LogP contribution in [0.3, 0.4) is 0 Å². The third kappa shape index (κ3) is 5.34. The van der Waals surface area contributed by atoms with E-state index in [0.29, 0.717) is 18.2 Å². The highest BCUT2D eigenvalue weighted by Crippen LogP contribution is 2.26. The highest BCUT2D eigenvalue weighted by molar-refractivity contribution is 9.10. The molecule has 0 saturated carbocycles. The van der Waals surface area contributed by atoms with Gasteiger partial charge in [-0.3, -0.25) is 15.5 Å². The van der Waals surface area contributed by atoms with E-state index in [9.17, 15) is 14.5 Å². The summed E-state index contributed by atoms with van der Waals surface area (Å²) in [5, 5.41) is 14.7. The van der Waals surface area contributed by atoms with Gasteiger partial charge in [-0.05, 0) is 63.5 Å². The first-order valence-electron chi connectivity index (χ1n) is 8.07. The van der Waals surface area contributed by atoms with Crippen molar-refractivity contribution in [1.82, 2.24) is 4.98 Å². The third-order valence-electron chi connectivity index (χ3n) is 3.61. The predicted octanol–water partition coefficient (Wildman–Crippen LogP) is 4.92. The molecule has 0 saturated heterocycles. The van der Waals surface area contributed by atoms with E-state index in [1.54, 1.807) is 24.4 Å². The number of hydrogen-bond donors (Lipinski definition) is 1. The van der Waals surface area contributed by atoms with Crippen molar-refractivity contribution in [2.75, 3.05) is 5.43 Å². The zero-order chi connectivity index (χ0) is 19.9. The smallest absolute Gasteiger partial charge is 0.287 e. The van der Waals surface area contributed by atoms with Crippen LogP contribution in [0.4, 0.5) is 15.9 Å². The lowest BCUT2D eigenvalue weighted by molar-refractivity contribution is -0.385. The van der Waals surface area contributed by atoms with Crippen molar-refractivity contribution in [3.8, 4) is 5.75 Å². The Morgan fingerprint density at radius 1 is 1.21 bits per heavy atom. The maximum Gasteiger partial charge on any atom is 0.287 e. The van der Waals surface area contributed by atoms with Gasteiger partial charge < -0.3 is 4.74 Å². The van der Waals surface area contributed by atoms with Gasteiger partial charge in [-0.25, -0.2) is 9.37 Å². The molecule has 9 heteroatoms. The number of hydrazone groups is 1. The molecule has 28 heavy (non-hydrogen) atoms. The Labute approximate surface area is 168 Å². The molecule has 2 aromatic carbocycles. The second kappa shape index (κ2) is 9.05. The summed E-state index contributed by atoms with van der Waals surface area (Å²) < 4.78 is 19.4. The molecule has 3 rings (SSSR count). The number of aromatic nitrogens is 1. The van der Waals surface area contributed by atoms with Crippen LogP contribution >= 0.6 is 15.9 Å². The van der Waals surface area contributed by atoms with E-state index < -0.39 is 4.92 Å². The van der Waals surface area contributed by atoms with Crippen molar-refractivity contribution >= 4 is 33.6 Å². The highest BCUT2D eigenvalue weighted by Gasteiger charge is 2.05. The zero-order valence-corrected chi connectivity index (χ0v) is 16.0. The Balaban J connectivity index is 1.57. The summed E-state index contributed by atoms with van der Waals surface area (Å²) in [6.45, 7) is 0.319. The Hall–Kier alpha value is -3.33. The number of ether oxygens (including phenoxy) is 1. The van der Waals surface area contributed by atoms with Gasteiger partial charge in [0.15, 0.2) is 0 Å². The van der Waals surface area contributed by atoms with E-state index in [1.165, 1.54) is 24.3 Å². The second-order valence-electron chi connectivity index (χ2n) is 5.63. The van der Waals surface area contributed by atoms with Crippen molar-refractivity contribution in [2.45, 2.75) is 6.61 Å². The molecule has 1 aromatic heterocycles. The molecule has 142 valence electrons. The van der Waals surface area contributed by atoms with Crippen molar-refractivity contribution in [3.05, 3.63) is 92.3 Å². The van der Waals surface area contributed by atoms with Crippen LogP contribution in [0.15, 0.2) is 70.4 Å². The van der Waals surface area contributed by atoms with E-state index in [4.69, 9.17) is 4.74 Å². The van der Waals surface area contributed by atoms with Gasteiger partial charge in [0.1, 0.15) is 30.2 Å². The summed E-state index contributed by atoms with van der Waals surface area (Å²) in [6, 6.07) is 14.4. The summed E-state index contributed by atoms with van der Waals surface area (Å²) in [6.07, 6.45) is 2.74. The van der Waals surface area contributed by atoms with E-state index >= 15 is 0 Å². The third-order valence-corrected chi connectivity index (χ3v) is 4.23. The fourth-order valence-electron chi connectivity index (χ4n) is 2.19. The number of halogens is 2. The van der Waals surface area contributed by atoms with E-state index in [1.807, 2.05) is 12.1 Å². The molecule has 3 aromatic rings. The number of benzene rings is 2. The number of anilines is 1. The molecule has 0 atom stereocenters. The summed E-state index contributed by atoms with van der Waals surface area (Å²) in [5.74, 6) is 0.748. The first-order chi connectivity index (χ1) is 13.5. The monoisotopic (exact) mass is 444 g/mol. The van der Waals surface area contributed by atoms with Crippen LogP contribution < -0.4 is 10.2 Å². The van der Waals surface area contributed by atoms with Gasteiger partial charge in [-0.2, -0.15) is 5.10 Å². The quantitative estimate of drug-likeness (QED) is 0.317. The van der Waals surface area contributed by atoms with Crippen LogP contribution in [0.25, 0.3) is 0 Å². The van der Waals surface area contributed by atoms with E-state index in [2.05, 4.69) is 31.4 Å². The first-order valence-corrected chi connectivity index (χ1v) is 8.87. The number of nitro groups is 1. The standard InChI is InChI=1S/C19H14BrFN4O3/c20-17-9-14(10-23-24-19-8-6-16(11-22-19)25(26)27)3-7-18(17)28-12-13-1-4-15(21)5-2-13/h1-11H,12H2,(H,22,24)/b23-10-. The second-order valence-corrected chi connectivity index (χ2v) is 6.49. The molecule has 0 bridgehead atoms. The Bertz CT molecular complexity index is 995. The lowest BCUT2D eigenvalue weighted by Gasteiger charge is -2.09. The van der Waals surface area contributed by atoms with Gasteiger partial charge in [0.25, 0.3) is 5.69 Å². The number of rotatable bonds is 7. The van der Waals surface area contributed by atoms with Crippen LogP contribution in [0.1, 0.15) is 11.1 Å². The average Bonchev–Trinajstić information content (AvgIpc) is 2.69. The van der Waals surface area contributed by atoms with Gasteiger partial charge >= 0.3 is 0 Å². The minimum absolute atomic E-state index is 0.0883. The van der Waals surface area contributed by atoms with Crippen LogP contribution in [0.5, 0.6) is 5.75 Å². The lowest BCUT2D eigenvalue weighted by Crippen LogP contribution is -1.97. The van der Waals surface area contributed by atoms with Gasteiger partial charge in [0.05, 0.1) is 15.6 Å². The number of nitrogens with one attached hydrogen (secondary N) is 1. The van der Waals surface area contributed by atoms with Crippen molar-refractivity contribution in [2.24, 2.45) is 5.10 Å². The van der Waals surface area contributed by atoms with Crippen molar-refractivity contribution in [3.63, 3.8) is 0 Å². The maximum absolute atomic E-state index is 12.9. The number of nitrogens with zero attached hydrogens (tertiary/aromatic N) is 3. The molecule has 0 amide bonds. The molecular formula is C19H14BrFN4O3. The minimum atomic E-state index is -0.517. The highest BCUT2D eigenvalue weighted by atomic mass is 79.9. The van der Waals surface area contributed by atoms with Crippen LogP contribution in [0, 0.1) is 15.9 Å². The Morgan fingerprint density at radius 2 is 2.00 bits per heavy atom. The van der Waals surface area contributed by atoms with Gasteiger partial charge in [-0.1, -0.05) is 12.1 Å². The fourth-order valence-corrected chi connectivity index (χ4v) is 2.70. The summed E-state index contributed by atoms with van der Waals surface area (Å²) in [4.78, 5) is 14.0. The van der Waals surface area contributed by atoms with Crippen LogP contribution in [-0.2, 0) is 6.61 Å². The predicted molar refractivity (Wildman–Crippen MR) is 107 cm³/mol. The van der Waals surface area contributed by atoms with Crippen molar-refractivity contribution < 1.29 is 14.1 Å². The van der Waals surface area contributed by atoms with Gasteiger partial charge in [-0.15, -0.1) is 0 Å². The maximum atomic E-state index is 12.9. The fraction of sp³-hybridized carbons (Fsp3) is 0.0526. The van der Waals surface area contributed by atoms with Gasteiger partial charge in [0, 0.05) is 6.07 Å². The van der Waals surface area contributed by atoms with Crippen LogP contribution in [-0.4, -0.2) is 16.1 Å². The number of hydrogen-bond acceptors (Lipinski definition) is 6. The lowest BCUT2D eigenvalue weighted by atomic mass is 10.2. The summed E-state index contributed by atoms with van der Waals surface area (Å²) in [5.41, 5.74) is 4.28. The molecule has 0 unspecified atom stereocenters. The largest absolute Gasteiger partial charge is 0.488 e. The molecule has 1 heterocycles. The average molecular weight is 445 g/mol. The van der Waals surface area contributed by atoms with E-state index in [0.717, 1.165) is 21.8 Å². The minimum Gasteiger partial charge on any atom is -0.488 e. The molecule has 0 aliphatic carbocycles. The van der Waals surface area contributed by atoms with Crippen LogP contribution in [0.2, 0.25) is 0 Å². The Morgan fingerprint density at radius 3 is 2.64 bits per heavy atom. The molecular weight excluding hydrogens is 431 g/mol. The topological polar surface area (TPSA) is 89.7 Å². The SMILES string of the molecule is O=[N+]([O-])c1ccc(N/N=C\c2ccc(OCc3ccc(F)cc3)c(Br)c2)nc1. The Kier molecular flexibility index (Phi) is 6.28. The van der Waals surface area contributed by atoms with Crippen molar-refractivity contribution in [1.29, 1.82) is 0 Å². The molecule has 0 aliphatic heterocycles. The molecule has 7 nitrogen and oxygen atoms in total. The molecule has 0 aliphatic rings. The van der Waals surface area contributed by atoms with E-state index in [-0.39, 0.29) is 11.5 Å². The normalized spacial score (nSPS) is 10.8. The number of pyridine rings is 1. The van der Waals surface area contributed by atoms with Gasteiger partial charge in [0.2, 0.25) is 0 Å². The molecule has 0 fully saturated rings. The summed E-state index contributed by atoms with van der Waals surface area (Å²) >= 11 is 3.45. The molecule has 0 spiro atoms. The molecule has 1 N–H and O–H groups in total. The first kappa shape index (κ1) is 19.4.